The zero-order valence-electron chi connectivity index (χ0n) is 3.78. The zero-order valence-corrected chi connectivity index (χ0v) is 5.37. The van der Waals surface area contributed by atoms with E-state index in [2.05, 4.69) is 15.9 Å². The van der Waals surface area contributed by atoms with E-state index in [0.717, 1.165) is 5.92 Å². The molecule has 0 atom stereocenters. The zero-order chi connectivity index (χ0) is 4.41. The summed E-state index contributed by atoms with van der Waals surface area (Å²) in [5, 5.41) is 1.21. The van der Waals surface area contributed by atoms with Crippen molar-refractivity contribution in [2.45, 2.75) is 19.3 Å². The summed E-state index contributed by atoms with van der Waals surface area (Å²) >= 11 is 3.39. The van der Waals surface area contributed by atoms with Gasteiger partial charge < -0.3 is 0 Å². The van der Waals surface area contributed by atoms with E-state index in [9.17, 15) is 0 Å². The van der Waals surface area contributed by atoms with Crippen molar-refractivity contribution in [3.63, 3.8) is 0 Å². The van der Waals surface area contributed by atoms with Crippen LogP contribution >= 0.6 is 15.9 Å². The van der Waals surface area contributed by atoms with E-state index in [1.165, 1.54) is 24.6 Å². The van der Waals surface area contributed by atoms with Crippen molar-refractivity contribution in [2.75, 3.05) is 5.33 Å². The van der Waals surface area contributed by atoms with Crippen molar-refractivity contribution in [1.82, 2.24) is 0 Å². The van der Waals surface area contributed by atoms with Crippen LogP contribution < -0.4 is 0 Å². The van der Waals surface area contributed by atoms with Gasteiger partial charge in [-0.1, -0.05) is 28.8 Å². The Labute approximate surface area is 69.3 Å². The Morgan fingerprint density at radius 2 is 2.00 bits per heavy atom. The highest BCUT2D eigenvalue weighted by atomic mass is 79.9. The first kappa shape index (κ1) is 8.25. The van der Waals surface area contributed by atoms with Gasteiger partial charge in [0, 0.05) is 5.33 Å². The van der Waals surface area contributed by atoms with Crippen molar-refractivity contribution in [2.24, 2.45) is 5.92 Å². The fourth-order valence-corrected chi connectivity index (χ4v) is 1.21. The van der Waals surface area contributed by atoms with Gasteiger partial charge in [-0.15, -0.1) is 0 Å². The molecule has 0 heterocycles. The Bertz CT molecular complexity index is 43.3. The minimum absolute atomic E-state index is 0. The van der Waals surface area contributed by atoms with E-state index >= 15 is 0 Å². The molecule has 0 unspecified atom stereocenters. The molecule has 1 aliphatic rings. The van der Waals surface area contributed by atoms with Crippen LogP contribution in [0.3, 0.4) is 0 Å². The van der Waals surface area contributed by atoms with Gasteiger partial charge in [-0.25, -0.2) is 0 Å². The van der Waals surface area contributed by atoms with E-state index in [1.807, 2.05) is 0 Å². The molecule has 0 aliphatic heterocycles. The van der Waals surface area contributed by atoms with Crippen molar-refractivity contribution >= 4 is 39.0 Å². The highest BCUT2D eigenvalue weighted by Crippen LogP contribution is 2.32. The van der Waals surface area contributed by atoms with Crippen molar-refractivity contribution in [1.29, 1.82) is 0 Å². The molecule has 2 heteroatoms. The largest absolute Gasteiger partial charge is 0.316 e. The van der Waals surface area contributed by atoms with Crippen LogP contribution in [-0.2, 0) is 0 Å². The van der Waals surface area contributed by atoms with Crippen molar-refractivity contribution in [3.05, 3.63) is 0 Å². The Morgan fingerprint density at radius 1 is 1.43 bits per heavy atom. The van der Waals surface area contributed by atoms with E-state index in [0.29, 0.717) is 0 Å². The molecule has 0 nitrogen and oxygen atoms in total. The summed E-state index contributed by atoms with van der Waals surface area (Å²) in [5.74, 6) is 1.10. The van der Waals surface area contributed by atoms with Crippen LogP contribution in [0.4, 0.5) is 0 Å². The van der Waals surface area contributed by atoms with Gasteiger partial charge >= 0.3 is 23.1 Å². The maximum atomic E-state index is 3.39. The second-order valence-electron chi connectivity index (χ2n) is 1.92. The quantitative estimate of drug-likeness (QED) is 0.438. The fraction of sp³-hybridized carbons (Fsp3) is 1.00. The highest BCUT2D eigenvalue weighted by molar-refractivity contribution is 9.09. The van der Waals surface area contributed by atoms with Gasteiger partial charge in [0.15, 0.2) is 0 Å². The van der Waals surface area contributed by atoms with Crippen LogP contribution in [0, 0.1) is 5.92 Å². The number of alkyl halides is 1. The SMILES string of the molecule is BrCCC1CC1.[MgH2]. The van der Waals surface area contributed by atoms with Crippen LogP contribution in [0.1, 0.15) is 19.3 Å². The summed E-state index contributed by atoms with van der Waals surface area (Å²) in [6.45, 7) is 0. The predicted molar refractivity (Wildman–Crippen MR) is 39.7 cm³/mol. The second-order valence-corrected chi connectivity index (χ2v) is 2.71. The molecule has 1 aliphatic carbocycles. The van der Waals surface area contributed by atoms with Crippen LogP contribution in [0.25, 0.3) is 0 Å². The first-order valence-corrected chi connectivity index (χ1v) is 3.61. The van der Waals surface area contributed by atoms with E-state index in [1.54, 1.807) is 0 Å². The monoisotopic (exact) mass is 174 g/mol. The lowest BCUT2D eigenvalue weighted by Gasteiger charge is -1.81. The summed E-state index contributed by atoms with van der Waals surface area (Å²) in [6.07, 6.45) is 4.39. The second kappa shape index (κ2) is 4.16. The minimum atomic E-state index is 0. The Balaban J connectivity index is 0.000000360. The highest BCUT2D eigenvalue weighted by Gasteiger charge is 2.19. The molecule has 0 N–H and O–H groups in total. The van der Waals surface area contributed by atoms with Gasteiger partial charge in [0.25, 0.3) is 0 Å². The number of hydrogen-bond acceptors (Lipinski definition) is 0. The number of hydrogen-bond donors (Lipinski definition) is 0. The average molecular weight is 175 g/mol. The molecule has 1 saturated carbocycles. The molecule has 0 bridgehead atoms. The number of rotatable bonds is 2. The maximum absolute atomic E-state index is 3.39. The third-order valence-corrected chi connectivity index (χ3v) is 1.67. The molecule has 1 rings (SSSR count). The van der Waals surface area contributed by atoms with Crippen LogP contribution in [-0.4, -0.2) is 28.4 Å². The normalized spacial score (nSPS) is 18.4. The first-order chi connectivity index (χ1) is 2.93. The van der Waals surface area contributed by atoms with Crippen LogP contribution in [0.2, 0.25) is 0 Å². The van der Waals surface area contributed by atoms with Crippen molar-refractivity contribution in [3.8, 4) is 0 Å². The van der Waals surface area contributed by atoms with Gasteiger partial charge in [0.1, 0.15) is 0 Å². The van der Waals surface area contributed by atoms with Crippen LogP contribution in [0.15, 0.2) is 0 Å². The molecular weight excluding hydrogens is 164 g/mol. The molecular formula is C5H11BrMg. The summed E-state index contributed by atoms with van der Waals surface area (Å²) in [5.41, 5.74) is 0. The summed E-state index contributed by atoms with van der Waals surface area (Å²) in [4.78, 5) is 0. The van der Waals surface area contributed by atoms with E-state index < -0.39 is 0 Å². The third kappa shape index (κ3) is 3.80. The van der Waals surface area contributed by atoms with Gasteiger partial charge in [-0.05, 0) is 12.3 Å². The topological polar surface area (TPSA) is 0 Å². The van der Waals surface area contributed by atoms with Gasteiger partial charge in [0.2, 0.25) is 0 Å². The molecule has 0 spiro atoms. The summed E-state index contributed by atoms with van der Waals surface area (Å²) in [6, 6.07) is 0. The standard InChI is InChI=1S/C5H9Br.Mg.2H/c6-4-3-5-1-2-5;;;/h5H,1-4H2;;;. The Hall–Kier alpha value is 1.25. The smallest absolute Gasteiger partial charge is 0.0928 e. The van der Waals surface area contributed by atoms with Gasteiger partial charge in [-0.2, -0.15) is 0 Å². The molecule has 0 amide bonds. The molecule has 0 radical (unpaired) electrons. The maximum Gasteiger partial charge on any atom is 0.316 e. The number of halogens is 1. The fourth-order valence-electron chi connectivity index (χ4n) is 0.561. The summed E-state index contributed by atoms with van der Waals surface area (Å²) < 4.78 is 0. The summed E-state index contributed by atoms with van der Waals surface area (Å²) in [7, 11) is 0. The van der Waals surface area contributed by atoms with Gasteiger partial charge in [0.05, 0.1) is 0 Å². The first-order valence-electron chi connectivity index (χ1n) is 2.49. The van der Waals surface area contributed by atoms with Crippen LogP contribution in [0.5, 0.6) is 0 Å². The van der Waals surface area contributed by atoms with Crippen molar-refractivity contribution < 1.29 is 0 Å². The van der Waals surface area contributed by atoms with E-state index in [4.69, 9.17) is 0 Å². The van der Waals surface area contributed by atoms with Gasteiger partial charge in [-0.3, -0.25) is 0 Å². The Kier molecular flexibility index (Phi) is 4.90. The predicted octanol–water partition coefficient (Wildman–Crippen LogP) is 1.27. The molecule has 7 heavy (non-hydrogen) atoms. The lowest BCUT2D eigenvalue weighted by Crippen LogP contribution is -1.72. The third-order valence-electron chi connectivity index (χ3n) is 1.21. The average Bonchev–Trinajstić information content (AvgIpc) is 2.21. The lowest BCUT2D eigenvalue weighted by molar-refractivity contribution is 0.813. The molecule has 0 aromatic heterocycles. The molecule has 0 aromatic carbocycles. The minimum Gasteiger partial charge on any atom is -0.0928 e. The molecule has 1 fully saturated rings. The molecule has 40 valence electrons. The Morgan fingerprint density at radius 3 is 2.14 bits per heavy atom. The lowest BCUT2D eigenvalue weighted by atomic mass is 10.3. The molecule has 0 aromatic rings. The molecule has 0 saturated heterocycles. The van der Waals surface area contributed by atoms with E-state index in [-0.39, 0.29) is 23.1 Å².